The van der Waals surface area contributed by atoms with E-state index < -0.39 is 44.3 Å². The lowest BCUT2D eigenvalue weighted by Crippen LogP contribution is -2.30. The lowest BCUT2D eigenvalue weighted by Gasteiger charge is -2.25. The van der Waals surface area contributed by atoms with Gasteiger partial charge in [0, 0.05) is 46.5 Å². The van der Waals surface area contributed by atoms with Crippen molar-refractivity contribution in [1.29, 1.82) is 0 Å². The Kier molecular flexibility index (Phi) is 7.20. The summed E-state index contributed by atoms with van der Waals surface area (Å²) in [6.45, 7) is 3.29. The highest BCUT2D eigenvalue weighted by Gasteiger charge is 2.37. The van der Waals surface area contributed by atoms with Gasteiger partial charge in [0.05, 0.1) is 17.4 Å². The Morgan fingerprint density at radius 2 is 1.86 bits per heavy atom. The molecule has 1 unspecified atom stereocenters. The Labute approximate surface area is 212 Å². The van der Waals surface area contributed by atoms with Crippen LogP contribution in [-0.4, -0.2) is 35.8 Å². The molecule has 0 aliphatic heterocycles. The molecule has 1 aliphatic carbocycles. The molecular formula is C25H27ClF4N2O3S. The highest BCUT2D eigenvalue weighted by molar-refractivity contribution is 7.90. The second kappa shape index (κ2) is 9.63. The summed E-state index contributed by atoms with van der Waals surface area (Å²) in [5.74, 6) is -0.773. The summed E-state index contributed by atoms with van der Waals surface area (Å²) in [4.78, 5) is 0. The standard InChI is InChI=1S/C25H27ClF4N2O3S/c1-15(31-36(34,35)16-7-8-16)20-11-32(13-24(2,12-26)14-33)23-10-18(22(27)9-19(20)23)17-5-3-4-6-21(17)25(28,29)30/h3-6,9-11,15-16,31,33H,7-8,12-14H2,1-2H3/t15-,24?/m1/s1. The summed E-state index contributed by atoms with van der Waals surface area (Å²) in [6.07, 6.45) is -1.89. The molecule has 36 heavy (non-hydrogen) atoms. The average molecular weight is 547 g/mol. The number of hydrogen-bond acceptors (Lipinski definition) is 3. The number of sulfonamides is 1. The quantitative estimate of drug-likeness (QED) is 0.261. The largest absolute Gasteiger partial charge is 0.417 e. The molecule has 0 amide bonds. The van der Waals surface area contributed by atoms with Crippen LogP contribution in [0.25, 0.3) is 22.0 Å². The molecule has 2 atom stereocenters. The molecule has 0 spiro atoms. The third-order valence-corrected chi connectivity index (χ3v) is 9.23. The van der Waals surface area contributed by atoms with Gasteiger partial charge in [-0.2, -0.15) is 13.2 Å². The minimum absolute atomic E-state index is 0.0906. The van der Waals surface area contributed by atoms with Crippen LogP contribution < -0.4 is 4.72 Å². The first-order chi connectivity index (χ1) is 16.8. The smallest absolute Gasteiger partial charge is 0.396 e. The molecule has 1 fully saturated rings. The summed E-state index contributed by atoms with van der Waals surface area (Å²) in [5, 5.41) is 9.79. The van der Waals surface area contributed by atoms with Crippen molar-refractivity contribution in [2.24, 2.45) is 5.41 Å². The first-order valence-corrected chi connectivity index (χ1v) is 13.5. The van der Waals surface area contributed by atoms with E-state index in [4.69, 9.17) is 11.6 Å². The van der Waals surface area contributed by atoms with E-state index >= 15 is 4.39 Å². The highest BCUT2D eigenvalue weighted by Crippen LogP contribution is 2.41. The molecule has 3 aromatic rings. The van der Waals surface area contributed by atoms with Crippen molar-refractivity contribution in [3.8, 4) is 11.1 Å². The van der Waals surface area contributed by atoms with Gasteiger partial charge in [0.2, 0.25) is 10.0 Å². The third kappa shape index (κ3) is 5.27. The van der Waals surface area contributed by atoms with Gasteiger partial charge in [-0.15, -0.1) is 11.6 Å². The van der Waals surface area contributed by atoms with E-state index in [1.165, 1.54) is 24.3 Å². The number of hydrogen-bond donors (Lipinski definition) is 2. The molecule has 1 aromatic heterocycles. The average Bonchev–Trinajstić information content (AvgIpc) is 3.62. The van der Waals surface area contributed by atoms with Gasteiger partial charge in [-0.25, -0.2) is 17.5 Å². The first kappa shape index (κ1) is 26.9. The number of benzene rings is 2. The highest BCUT2D eigenvalue weighted by atomic mass is 35.5. The van der Waals surface area contributed by atoms with E-state index in [9.17, 15) is 26.7 Å². The zero-order valence-electron chi connectivity index (χ0n) is 19.7. The molecule has 11 heteroatoms. The van der Waals surface area contributed by atoms with Crippen molar-refractivity contribution in [2.45, 2.75) is 50.7 Å². The van der Waals surface area contributed by atoms with Gasteiger partial charge in [-0.1, -0.05) is 25.1 Å². The Hall–Kier alpha value is -2.14. The lowest BCUT2D eigenvalue weighted by molar-refractivity contribution is -0.137. The van der Waals surface area contributed by atoms with Crippen molar-refractivity contribution in [1.82, 2.24) is 9.29 Å². The van der Waals surface area contributed by atoms with Gasteiger partial charge in [-0.3, -0.25) is 0 Å². The van der Waals surface area contributed by atoms with Crippen molar-refractivity contribution in [3.63, 3.8) is 0 Å². The normalized spacial score (nSPS) is 17.3. The Balaban J connectivity index is 1.90. The second-order valence-corrected chi connectivity index (χ2v) is 12.1. The van der Waals surface area contributed by atoms with Gasteiger partial charge in [-0.05, 0) is 49.1 Å². The van der Waals surface area contributed by atoms with Crippen LogP contribution >= 0.6 is 11.6 Å². The molecule has 4 rings (SSSR count). The zero-order valence-corrected chi connectivity index (χ0v) is 21.3. The molecule has 1 heterocycles. The van der Waals surface area contributed by atoms with E-state index in [0.717, 1.165) is 12.1 Å². The summed E-state index contributed by atoms with van der Waals surface area (Å²) in [5.41, 5.74) is -1.40. The SMILES string of the molecule is C[C@@H](NS(=O)(=O)C1CC1)c1cn(CC(C)(CO)CCl)c2cc(-c3ccccc3C(F)(F)F)c(F)cc12. The number of aliphatic hydroxyl groups is 1. The number of nitrogens with one attached hydrogen (secondary N) is 1. The van der Waals surface area contributed by atoms with E-state index in [2.05, 4.69) is 4.72 Å². The molecule has 0 bridgehead atoms. The van der Waals surface area contributed by atoms with E-state index in [1.807, 2.05) is 0 Å². The number of aliphatic hydroxyl groups excluding tert-OH is 1. The lowest BCUT2D eigenvalue weighted by atomic mass is 9.94. The third-order valence-electron chi connectivity index (χ3n) is 6.55. The summed E-state index contributed by atoms with van der Waals surface area (Å²) in [6, 6.07) is 6.52. The topological polar surface area (TPSA) is 71.3 Å². The molecular weight excluding hydrogens is 520 g/mol. The zero-order chi connectivity index (χ0) is 26.5. The Morgan fingerprint density at radius 3 is 2.44 bits per heavy atom. The number of alkyl halides is 4. The van der Waals surface area contributed by atoms with Gasteiger partial charge < -0.3 is 9.67 Å². The fourth-order valence-electron chi connectivity index (χ4n) is 4.32. The summed E-state index contributed by atoms with van der Waals surface area (Å²) < 4.78 is 85.8. The fourth-order valence-corrected chi connectivity index (χ4v) is 6.05. The summed E-state index contributed by atoms with van der Waals surface area (Å²) >= 11 is 6.08. The molecule has 5 nitrogen and oxygen atoms in total. The predicted octanol–water partition coefficient (Wildman–Crippen LogP) is 5.85. The molecule has 2 aromatic carbocycles. The Morgan fingerprint density at radius 1 is 1.19 bits per heavy atom. The van der Waals surface area contributed by atoms with Crippen molar-refractivity contribution in [2.75, 3.05) is 12.5 Å². The van der Waals surface area contributed by atoms with E-state index in [-0.39, 0.29) is 30.2 Å². The van der Waals surface area contributed by atoms with E-state index in [0.29, 0.717) is 29.3 Å². The minimum Gasteiger partial charge on any atom is -0.396 e. The van der Waals surface area contributed by atoms with Gasteiger partial charge >= 0.3 is 6.18 Å². The molecule has 0 radical (unpaired) electrons. The Bertz CT molecular complexity index is 1380. The van der Waals surface area contributed by atoms with Crippen LogP contribution in [0.5, 0.6) is 0 Å². The number of fused-ring (bicyclic) bond motifs is 1. The van der Waals surface area contributed by atoms with Crippen LogP contribution in [-0.2, 0) is 22.7 Å². The summed E-state index contributed by atoms with van der Waals surface area (Å²) in [7, 11) is -3.56. The van der Waals surface area contributed by atoms with Crippen LogP contribution in [0.1, 0.15) is 43.9 Å². The molecule has 1 saturated carbocycles. The number of aromatic nitrogens is 1. The van der Waals surface area contributed by atoms with Crippen molar-refractivity contribution >= 4 is 32.5 Å². The number of nitrogens with zero attached hydrogens (tertiary/aromatic N) is 1. The van der Waals surface area contributed by atoms with Gasteiger partial charge in [0.1, 0.15) is 5.82 Å². The van der Waals surface area contributed by atoms with Gasteiger partial charge in [0.25, 0.3) is 0 Å². The van der Waals surface area contributed by atoms with Crippen LogP contribution in [0.3, 0.4) is 0 Å². The monoisotopic (exact) mass is 546 g/mol. The molecule has 0 saturated heterocycles. The maximum Gasteiger partial charge on any atom is 0.417 e. The van der Waals surface area contributed by atoms with Crippen LogP contribution in [0.4, 0.5) is 17.6 Å². The first-order valence-electron chi connectivity index (χ1n) is 11.5. The van der Waals surface area contributed by atoms with Crippen LogP contribution in [0, 0.1) is 11.2 Å². The van der Waals surface area contributed by atoms with Crippen LogP contribution in [0.2, 0.25) is 0 Å². The predicted molar refractivity (Wildman–Crippen MR) is 132 cm³/mol. The maximum absolute atomic E-state index is 15.4. The molecule has 2 N–H and O–H groups in total. The second-order valence-electron chi connectivity index (χ2n) is 9.79. The van der Waals surface area contributed by atoms with E-state index in [1.54, 1.807) is 24.6 Å². The van der Waals surface area contributed by atoms with Crippen molar-refractivity contribution < 1.29 is 31.1 Å². The minimum atomic E-state index is -4.69. The number of halogens is 5. The maximum atomic E-state index is 15.4. The van der Waals surface area contributed by atoms with Gasteiger partial charge in [0.15, 0.2) is 0 Å². The molecule has 196 valence electrons. The van der Waals surface area contributed by atoms with Crippen LogP contribution in [0.15, 0.2) is 42.6 Å². The fraction of sp³-hybridized carbons (Fsp3) is 0.440. The number of rotatable bonds is 9. The van der Waals surface area contributed by atoms with Crippen molar-refractivity contribution in [3.05, 3.63) is 59.5 Å². The molecule has 1 aliphatic rings.